The van der Waals surface area contributed by atoms with Gasteiger partial charge in [-0.3, -0.25) is 4.79 Å². The van der Waals surface area contributed by atoms with Crippen LogP contribution in [0.25, 0.3) is 0 Å². The van der Waals surface area contributed by atoms with Crippen molar-refractivity contribution in [1.29, 1.82) is 0 Å². The van der Waals surface area contributed by atoms with E-state index in [2.05, 4.69) is 4.98 Å². The van der Waals surface area contributed by atoms with E-state index in [1.54, 1.807) is 0 Å². The van der Waals surface area contributed by atoms with Crippen LogP contribution in [0.3, 0.4) is 0 Å². The summed E-state index contributed by atoms with van der Waals surface area (Å²) in [7, 11) is 0. The van der Waals surface area contributed by atoms with Crippen molar-refractivity contribution < 1.29 is 14.3 Å². The molecule has 0 amide bonds. The molecule has 0 atom stereocenters. The number of hydrogen-bond acceptors (Lipinski definition) is 4. The summed E-state index contributed by atoms with van der Waals surface area (Å²) in [5.41, 5.74) is 0.304. The number of aromatic nitrogens is 1. The highest BCUT2D eigenvalue weighted by Gasteiger charge is 2.00. The van der Waals surface area contributed by atoms with E-state index in [4.69, 9.17) is 9.52 Å². The average Bonchev–Trinajstić information content (AvgIpc) is 2.48. The van der Waals surface area contributed by atoms with Gasteiger partial charge in [0.15, 0.2) is 12.2 Å². The maximum Gasteiger partial charge on any atom is 0.194 e. The lowest BCUT2D eigenvalue weighted by atomic mass is 10.3. The molecule has 1 aromatic rings. The molecule has 0 spiro atoms. The van der Waals surface area contributed by atoms with Gasteiger partial charge in [0.25, 0.3) is 0 Å². The van der Waals surface area contributed by atoms with Crippen LogP contribution in [-0.4, -0.2) is 23.0 Å². The van der Waals surface area contributed by atoms with Crippen molar-refractivity contribution >= 4 is 6.29 Å². The summed E-state index contributed by atoms with van der Waals surface area (Å²) < 4.78 is 4.90. The summed E-state index contributed by atoms with van der Waals surface area (Å²) in [6, 6.07) is 0. The van der Waals surface area contributed by atoms with Crippen molar-refractivity contribution in [3.05, 3.63) is 17.8 Å². The summed E-state index contributed by atoms with van der Waals surface area (Å²) in [6.07, 6.45) is 3.12. The molecule has 0 saturated heterocycles. The molecule has 0 unspecified atom stereocenters. The van der Waals surface area contributed by atoms with E-state index in [0.29, 0.717) is 30.7 Å². The number of nitrogens with zero attached hydrogens (tertiary/aromatic N) is 1. The Hall–Kier alpha value is -1.16. The van der Waals surface area contributed by atoms with Crippen molar-refractivity contribution in [2.45, 2.75) is 12.8 Å². The lowest BCUT2D eigenvalue weighted by molar-refractivity contribution is 0.111. The minimum atomic E-state index is 0.110. The van der Waals surface area contributed by atoms with Crippen molar-refractivity contribution in [2.75, 3.05) is 6.61 Å². The van der Waals surface area contributed by atoms with Crippen LogP contribution in [0, 0.1) is 0 Å². The van der Waals surface area contributed by atoms with Gasteiger partial charge in [-0.05, 0) is 6.42 Å². The SMILES string of the molecule is O=Cc1coc(CCCO)n1. The molecular weight excluding hydrogens is 146 g/mol. The standard InChI is InChI=1S/C7H9NO3/c9-3-1-2-7-8-6(4-10)5-11-7/h4-5,9H,1-3H2. The highest BCUT2D eigenvalue weighted by atomic mass is 16.3. The summed E-state index contributed by atoms with van der Waals surface area (Å²) in [6.45, 7) is 0.110. The topological polar surface area (TPSA) is 63.3 Å². The molecule has 1 heterocycles. The van der Waals surface area contributed by atoms with E-state index in [-0.39, 0.29) is 6.61 Å². The van der Waals surface area contributed by atoms with Crippen LogP contribution >= 0.6 is 0 Å². The van der Waals surface area contributed by atoms with Crippen molar-refractivity contribution in [2.24, 2.45) is 0 Å². The zero-order valence-corrected chi connectivity index (χ0v) is 5.99. The molecule has 4 nitrogen and oxygen atoms in total. The van der Waals surface area contributed by atoms with E-state index >= 15 is 0 Å². The second-order valence-corrected chi connectivity index (χ2v) is 2.11. The number of carbonyl (C=O) groups is 1. The number of aryl methyl sites for hydroxylation is 1. The lowest BCUT2D eigenvalue weighted by Gasteiger charge is -1.88. The van der Waals surface area contributed by atoms with E-state index in [1.807, 2.05) is 0 Å². The second-order valence-electron chi connectivity index (χ2n) is 2.11. The zero-order valence-electron chi connectivity index (χ0n) is 5.99. The van der Waals surface area contributed by atoms with E-state index in [1.165, 1.54) is 6.26 Å². The largest absolute Gasteiger partial charge is 0.448 e. The van der Waals surface area contributed by atoms with Gasteiger partial charge in [0, 0.05) is 13.0 Å². The number of hydrogen-bond donors (Lipinski definition) is 1. The van der Waals surface area contributed by atoms with Crippen LogP contribution in [-0.2, 0) is 6.42 Å². The summed E-state index contributed by atoms with van der Waals surface area (Å²) in [5.74, 6) is 0.501. The molecule has 4 heteroatoms. The molecule has 0 aliphatic heterocycles. The Morgan fingerprint density at radius 2 is 2.55 bits per heavy atom. The van der Waals surface area contributed by atoms with Crippen LogP contribution in [0.2, 0.25) is 0 Å². The Kier molecular flexibility index (Phi) is 2.80. The molecule has 0 aliphatic carbocycles. The Bertz CT molecular complexity index is 231. The van der Waals surface area contributed by atoms with E-state index < -0.39 is 0 Å². The summed E-state index contributed by atoms with van der Waals surface area (Å²) >= 11 is 0. The number of carbonyl (C=O) groups excluding carboxylic acids is 1. The molecule has 0 fully saturated rings. The van der Waals surface area contributed by atoms with E-state index in [0.717, 1.165) is 0 Å². The van der Waals surface area contributed by atoms with Gasteiger partial charge in [0.05, 0.1) is 0 Å². The highest BCUT2D eigenvalue weighted by molar-refractivity contribution is 5.70. The predicted octanol–water partition coefficient (Wildman–Crippen LogP) is 0.412. The maximum absolute atomic E-state index is 10.1. The molecule has 1 N–H and O–H groups in total. The minimum Gasteiger partial charge on any atom is -0.448 e. The molecule has 11 heavy (non-hydrogen) atoms. The molecule has 60 valence electrons. The maximum atomic E-state index is 10.1. The van der Waals surface area contributed by atoms with Gasteiger partial charge in [-0.15, -0.1) is 0 Å². The smallest absolute Gasteiger partial charge is 0.194 e. The first kappa shape index (κ1) is 7.94. The summed E-state index contributed by atoms with van der Waals surface area (Å²) in [4.78, 5) is 13.9. The monoisotopic (exact) mass is 155 g/mol. The van der Waals surface area contributed by atoms with Crippen LogP contribution in [0.15, 0.2) is 10.7 Å². The van der Waals surface area contributed by atoms with Gasteiger partial charge in [0.2, 0.25) is 0 Å². The predicted molar refractivity (Wildman–Crippen MR) is 37.3 cm³/mol. The van der Waals surface area contributed by atoms with E-state index in [9.17, 15) is 4.79 Å². The quantitative estimate of drug-likeness (QED) is 0.640. The van der Waals surface area contributed by atoms with Gasteiger partial charge < -0.3 is 9.52 Å². The number of aliphatic hydroxyl groups excluding tert-OH is 1. The first-order valence-corrected chi connectivity index (χ1v) is 3.37. The minimum absolute atomic E-state index is 0.110. The number of rotatable bonds is 4. The first-order valence-electron chi connectivity index (χ1n) is 3.37. The number of oxazole rings is 1. The zero-order chi connectivity index (χ0) is 8.10. The molecule has 0 aliphatic rings. The van der Waals surface area contributed by atoms with Gasteiger partial charge in [-0.1, -0.05) is 0 Å². The molecule has 0 bridgehead atoms. The van der Waals surface area contributed by atoms with Gasteiger partial charge >= 0.3 is 0 Å². The molecular formula is C7H9NO3. The van der Waals surface area contributed by atoms with Crippen LogP contribution in [0.4, 0.5) is 0 Å². The van der Waals surface area contributed by atoms with Crippen molar-refractivity contribution in [3.63, 3.8) is 0 Å². The molecule has 1 rings (SSSR count). The van der Waals surface area contributed by atoms with Crippen molar-refractivity contribution in [3.8, 4) is 0 Å². The first-order chi connectivity index (χ1) is 5.36. The molecule has 0 aromatic carbocycles. The fourth-order valence-electron chi connectivity index (χ4n) is 0.724. The Morgan fingerprint density at radius 3 is 3.09 bits per heavy atom. The number of aldehydes is 1. The third kappa shape index (κ3) is 2.16. The lowest BCUT2D eigenvalue weighted by Crippen LogP contribution is -1.89. The second kappa shape index (κ2) is 3.88. The normalized spacial score (nSPS) is 9.91. The van der Waals surface area contributed by atoms with Gasteiger partial charge in [0.1, 0.15) is 12.0 Å². The molecule has 0 saturated carbocycles. The third-order valence-electron chi connectivity index (χ3n) is 1.24. The van der Waals surface area contributed by atoms with Gasteiger partial charge in [-0.25, -0.2) is 4.98 Å². The van der Waals surface area contributed by atoms with Crippen LogP contribution < -0.4 is 0 Å². The fraction of sp³-hybridized carbons (Fsp3) is 0.429. The number of aliphatic hydroxyl groups is 1. The fourth-order valence-corrected chi connectivity index (χ4v) is 0.724. The Labute approximate surface area is 63.9 Å². The molecule has 0 radical (unpaired) electrons. The average molecular weight is 155 g/mol. The Morgan fingerprint density at radius 1 is 1.73 bits per heavy atom. The molecule has 1 aromatic heterocycles. The Balaban J connectivity index is 2.51. The third-order valence-corrected chi connectivity index (χ3v) is 1.24. The van der Waals surface area contributed by atoms with Crippen LogP contribution in [0.5, 0.6) is 0 Å². The highest BCUT2D eigenvalue weighted by Crippen LogP contribution is 2.01. The summed E-state index contributed by atoms with van der Waals surface area (Å²) in [5, 5.41) is 8.45. The van der Waals surface area contributed by atoms with Gasteiger partial charge in [-0.2, -0.15) is 0 Å². The van der Waals surface area contributed by atoms with Crippen LogP contribution in [0.1, 0.15) is 22.8 Å². The van der Waals surface area contributed by atoms with Crippen molar-refractivity contribution in [1.82, 2.24) is 4.98 Å².